The summed E-state index contributed by atoms with van der Waals surface area (Å²) < 4.78 is 44.4. The van der Waals surface area contributed by atoms with Crippen LogP contribution in [0.2, 0.25) is 0 Å². The number of benzene rings is 1. The van der Waals surface area contributed by atoms with Gasteiger partial charge in [-0.2, -0.15) is 18.2 Å². The number of carbonyl (C=O) groups is 1. The van der Waals surface area contributed by atoms with E-state index in [1.807, 2.05) is 4.90 Å². The molecule has 1 saturated heterocycles. The molecule has 0 spiro atoms. The highest BCUT2D eigenvalue weighted by Crippen LogP contribution is 2.31. The smallest absolute Gasteiger partial charge is 0.394 e. The van der Waals surface area contributed by atoms with Crippen molar-refractivity contribution < 1.29 is 22.7 Å². The van der Waals surface area contributed by atoms with E-state index in [2.05, 4.69) is 20.6 Å². The lowest BCUT2D eigenvalue weighted by Crippen LogP contribution is -2.48. The Labute approximate surface area is 187 Å². The van der Waals surface area contributed by atoms with Crippen molar-refractivity contribution in [3.63, 3.8) is 0 Å². The Kier molecular flexibility index (Phi) is 7.64. The van der Waals surface area contributed by atoms with E-state index in [9.17, 15) is 18.0 Å². The molecule has 13 heteroatoms. The number of aromatic nitrogens is 2. The first-order chi connectivity index (χ1) is 15.2. The summed E-state index contributed by atoms with van der Waals surface area (Å²) in [6.45, 7) is 2.49. The van der Waals surface area contributed by atoms with Crippen molar-refractivity contribution in [1.82, 2.24) is 14.9 Å². The molecule has 0 radical (unpaired) electrons. The molecule has 174 valence electrons. The molecule has 1 aromatic heterocycles. The Morgan fingerprint density at radius 1 is 1.28 bits per heavy atom. The summed E-state index contributed by atoms with van der Waals surface area (Å²) in [5.74, 6) is -0.383. The molecular formula is C19H24F3N7O2S. The molecule has 0 aliphatic carbocycles. The predicted molar refractivity (Wildman–Crippen MR) is 117 cm³/mol. The monoisotopic (exact) mass is 471 g/mol. The quantitative estimate of drug-likeness (QED) is 0.354. The maximum atomic E-state index is 13.1. The molecule has 0 bridgehead atoms. The van der Waals surface area contributed by atoms with Gasteiger partial charge in [-0.15, -0.1) is 11.8 Å². The lowest BCUT2D eigenvalue weighted by atomic mass is 10.1. The summed E-state index contributed by atoms with van der Waals surface area (Å²) in [7, 11) is 0. The number of hydrogen-bond donors (Lipinski definition) is 4. The van der Waals surface area contributed by atoms with Crippen LogP contribution in [-0.4, -0.2) is 65.9 Å². The van der Waals surface area contributed by atoms with Crippen molar-refractivity contribution in [3.05, 3.63) is 29.8 Å². The number of morpholine rings is 1. The van der Waals surface area contributed by atoms with Gasteiger partial charge in [0, 0.05) is 25.3 Å². The number of amides is 1. The molecule has 2 heterocycles. The van der Waals surface area contributed by atoms with Crippen LogP contribution in [0.4, 0.5) is 36.3 Å². The van der Waals surface area contributed by atoms with Crippen LogP contribution in [0.5, 0.6) is 0 Å². The minimum Gasteiger partial charge on any atom is -0.394 e. The number of hydrogen-bond acceptors (Lipinski definition) is 9. The van der Waals surface area contributed by atoms with Crippen molar-refractivity contribution >= 4 is 40.8 Å². The third-order valence-corrected chi connectivity index (χ3v) is 5.45. The van der Waals surface area contributed by atoms with E-state index >= 15 is 0 Å². The number of alkyl halides is 3. The van der Waals surface area contributed by atoms with Crippen molar-refractivity contribution in [2.75, 3.05) is 61.2 Å². The van der Waals surface area contributed by atoms with E-state index in [0.717, 1.165) is 12.1 Å². The number of anilines is 4. The number of carbonyl (C=O) groups excluding carboxylic acids is 1. The van der Waals surface area contributed by atoms with Crippen LogP contribution < -0.4 is 22.1 Å². The molecular weight excluding hydrogens is 447 g/mol. The number of nitrogens with two attached hydrogens (primary N) is 2. The van der Waals surface area contributed by atoms with Crippen LogP contribution in [0.25, 0.3) is 0 Å². The molecule has 3 rings (SSSR count). The highest BCUT2D eigenvalue weighted by Gasteiger charge is 2.31. The minimum atomic E-state index is -4.52. The van der Waals surface area contributed by atoms with Gasteiger partial charge in [0.15, 0.2) is 5.82 Å². The van der Waals surface area contributed by atoms with Crippen LogP contribution in [0.3, 0.4) is 0 Å². The van der Waals surface area contributed by atoms with Gasteiger partial charge < -0.3 is 26.8 Å². The summed E-state index contributed by atoms with van der Waals surface area (Å²) in [5, 5.41) is 5.98. The van der Waals surface area contributed by atoms with Gasteiger partial charge in [-0.25, -0.2) is 4.98 Å². The highest BCUT2D eigenvalue weighted by atomic mass is 32.2. The number of halogens is 3. The number of thioether (sulfide) groups is 1. The Bertz CT molecular complexity index is 955. The van der Waals surface area contributed by atoms with Crippen molar-refractivity contribution in [3.8, 4) is 0 Å². The van der Waals surface area contributed by atoms with E-state index in [1.165, 1.54) is 23.9 Å². The molecule has 2 aromatic rings. The van der Waals surface area contributed by atoms with E-state index in [4.69, 9.17) is 16.2 Å². The maximum Gasteiger partial charge on any atom is 0.416 e. The zero-order valence-corrected chi connectivity index (χ0v) is 18.1. The third kappa shape index (κ3) is 6.14. The average Bonchev–Trinajstić information content (AvgIpc) is 2.75. The molecule has 1 amide bonds. The number of rotatable bonds is 7. The van der Waals surface area contributed by atoms with E-state index in [0.29, 0.717) is 31.3 Å². The Morgan fingerprint density at radius 3 is 2.66 bits per heavy atom. The Morgan fingerprint density at radius 2 is 2.00 bits per heavy atom. The van der Waals surface area contributed by atoms with Crippen LogP contribution in [0, 0.1) is 0 Å². The lowest BCUT2D eigenvalue weighted by Gasteiger charge is -2.30. The van der Waals surface area contributed by atoms with Crippen LogP contribution in [0.1, 0.15) is 5.56 Å². The van der Waals surface area contributed by atoms with Crippen LogP contribution >= 0.6 is 11.8 Å². The summed E-state index contributed by atoms with van der Waals surface area (Å²) in [6.07, 6.45) is -2.75. The van der Waals surface area contributed by atoms with Crippen molar-refractivity contribution in [2.45, 2.75) is 17.2 Å². The van der Waals surface area contributed by atoms with Gasteiger partial charge >= 0.3 is 6.18 Å². The van der Waals surface area contributed by atoms with Gasteiger partial charge in [-0.1, -0.05) is 6.07 Å². The first-order valence-corrected chi connectivity index (χ1v) is 10.9. The molecule has 1 aliphatic rings. The van der Waals surface area contributed by atoms with Gasteiger partial charge in [0.25, 0.3) is 0 Å². The van der Waals surface area contributed by atoms with Gasteiger partial charge in [0.05, 0.1) is 18.8 Å². The van der Waals surface area contributed by atoms with E-state index in [-0.39, 0.29) is 29.7 Å². The summed E-state index contributed by atoms with van der Waals surface area (Å²) >= 11 is 1.27. The predicted octanol–water partition coefficient (Wildman–Crippen LogP) is 2.13. The van der Waals surface area contributed by atoms with Crippen molar-refractivity contribution in [2.24, 2.45) is 0 Å². The van der Waals surface area contributed by atoms with Crippen LogP contribution in [0.15, 0.2) is 29.3 Å². The van der Waals surface area contributed by atoms with Gasteiger partial charge in [0.2, 0.25) is 11.9 Å². The molecule has 0 saturated carbocycles. The summed E-state index contributed by atoms with van der Waals surface area (Å²) in [5.41, 5.74) is 11.3. The van der Waals surface area contributed by atoms with Crippen LogP contribution in [-0.2, 0) is 15.7 Å². The lowest BCUT2D eigenvalue weighted by molar-refractivity contribution is -0.137. The molecule has 1 fully saturated rings. The largest absolute Gasteiger partial charge is 0.416 e. The second-order valence-electron chi connectivity index (χ2n) is 7.03. The zero-order valence-electron chi connectivity index (χ0n) is 17.3. The Balaban J connectivity index is 1.84. The standard InChI is InChI=1S/C19H24F3N7O2S/c1-32-17-14(23)15(27-18(24)28-17)26-13(10-29-5-7-31-8-6-29)16(30)25-12-4-2-3-11(9-12)19(20,21)22/h2-4,9,13H,5-8,10,23H2,1H3,(H,25,30)(H3,24,26,27,28)/t13-/m0/s1. The molecule has 6 N–H and O–H groups in total. The fourth-order valence-corrected chi connectivity index (χ4v) is 3.64. The molecule has 9 nitrogen and oxygen atoms in total. The third-order valence-electron chi connectivity index (χ3n) is 4.75. The molecule has 1 atom stereocenters. The molecule has 0 unspecified atom stereocenters. The molecule has 1 aliphatic heterocycles. The summed E-state index contributed by atoms with van der Waals surface area (Å²) in [4.78, 5) is 23.2. The second-order valence-corrected chi connectivity index (χ2v) is 7.83. The van der Waals surface area contributed by atoms with Gasteiger partial charge in [0.1, 0.15) is 16.8 Å². The van der Waals surface area contributed by atoms with E-state index in [1.54, 1.807) is 6.26 Å². The number of nitrogen functional groups attached to an aromatic ring is 2. The fourth-order valence-electron chi connectivity index (χ4n) is 3.13. The number of nitrogens with zero attached hydrogens (tertiary/aromatic N) is 3. The number of nitrogens with one attached hydrogen (secondary N) is 2. The Hall–Kier alpha value is -2.77. The molecule has 1 aromatic carbocycles. The first-order valence-electron chi connectivity index (χ1n) is 9.69. The average molecular weight is 472 g/mol. The van der Waals surface area contributed by atoms with E-state index < -0.39 is 23.7 Å². The topological polar surface area (TPSA) is 131 Å². The SMILES string of the molecule is CSc1nc(N)nc(N[C@@H](CN2CCOCC2)C(=O)Nc2cccc(C(F)(F)F)c2)c1N. The zero-order chi connectivity index (χ0) is 23.3. The number of ether oxygens (including phenoxy) is 1. The van der Waals surface area contributed by atoms with Gasteiger partial charge in [-0.05, 0) is 24.5 Å². The fraction of sp³-hybridized carbons (Fsp3) is 0.421. The highest BCUT2D eigenvalue weighted by molar-refractivity contribution is 7.98. The minimum absolute atomic E-state index is 0.0190. The normalized spacial score (nSPS) is 15.9. The molecule has 32 heavy (non-hydrogen) atoms. The maximum absolute atomic E-state index is 13.1. The first kappa shape index (κ1) is 23.9. The summed E-state index contributed by atoms with van der Waals surface area (Å²) in [6, 6.07) is 3.56. The van der Waals surface area contributed by atoms with Gasteiger partial charge in [-0.3, -0.25) is 9.69 Å². The second kappa shape index (κ2) is 10.2. The van der Waals surface area contributed by atoms with Crippen molar-refractivity contribution in [1.29, 1.82) is 0 Å².